The summed E-state index contributed by atoms with van der Waals surface area (Å²) in [7, 11) is 0. The average molecular weight is 231 g/mol. The van der Waals surface area contributed by atoms with Crippen molar-refractivity contribution in [2.45, 2.75) is 30.6 Å². The van der Waals surface area contributed by atoms with E-state index in [4.69, 9.17) is 0 Å². The van der Waals surface area contributed by atoms with Crippen LogP contribution in [0.5, 0.6) is 0 Å². The lowest BCUT2D eigenvalue weighted by Gasteiger charge is -2.35. The zero-order valence-corrected chi connectivity index (χ0v) is 9.78. The maximum absolute atomic E-state index is 11.4. The maximum atomic E-state index is 11.4. The molecule has 1 spiro atoms. The van der Waals surface area contributed by atoms with Gasteiger partial charge in [0.05, 0.1) is 5.92 Å². The Kier molecular flexibility index (Phi) is 2.44. The summed E-state index contributed by atoms with van der Waals surface area (Å²) in [5, 5.41) is 12.7. The third kappa shape index (κ3) is 1.57. The Balaban J connectivity index is 2.07. The summed E-state index contributed by atoms with van der Waals surface area (Å²) < 4.78 is 0. The predicted octanol–water partition coefficient (Wildman–Crippen LogP) is 1.88. The summed E-state index contributed by atoms with van der Waals surface area (Å²) in [6, 6.07) is 8.11. The topological polar surface area (TPSA) is 49.3 Å². The molecule has 2 aliphatic rings. The maximum Gasteiger partial charge on any atom is 0.311 e. The zero-order valence-electron chi connectivity index (χ0n) is 9.78. The van der Waals surface area contributed by atoms with Gasteiger partial charge in [-0.1, -0.05) is 24.3 Å². The number of carboxylic acids is 1. The van der Waals surface area contributed by atoms with E-state index >= 15 is 0 Å². The first-order valence-electron chi connectivity index (χ1n) is 6.26. The average Bonchev–Trinajstić information content (AvgIpc) is 2.66. The van der Waals surface area contributed by atoms with Crippen molar-refractivity contribution in [1.29, 1.82) is 0 Å². The highest BCUT2D eigenvalue weighted by Crippen LogP contribution is 2.50. The minimum absolute atomic E-state index is 0.116. The van der Waals surface area contributed by atoms with Crippen LogP contribution in [0, 0.1) is 0 Å². The molecule has 0 aromatic heterocycles. The fourth-order valence-corrected chi connectivity index (χ4v) is 3.49. The van der Waals surface area contributed by atoms with Gasteiger partial charge in [0, 0.05) is 0 Å². The standard InChI is InChI=1S/C14H17NO2/c16-13(17)11-9-14(5-7-15-8-6-14)12-4-2-1-3-10(11)12/h1-4,11,15H,5-9H2,(H,16,17)/t11-/m1/s1. The van der Waals surface area contributed by atoms with Gasteiger partial charge in [-0.25, -0.2) is 0 Å². The number of benzene rings is 1. The summed E-state index contributed by atoms with van der Waals surface area (Å²) in [6.07, 6.45) is 2.91. The Morgan fingerprint density at radius 1 is 1.29 bits per heavy atom. The molecule has 1 aromatic carbocycles. The Morgan fingerprint density at radius 3 is 2.71 bits per heavy atom. The molecule has 1 heterocycles. The van der Waals surface area contributed by atoms with Crippen LogP contribution in [0.1, 0.15) is 36.3 Å². The van der Waals surface area contributed by atoms with Gasteiger partial charge in [-0.05, 0) is 48.9 Å². The molecule has 1 aliphatic carbocycles. The van der Waals surface area contributed by atoms with E-state index < -0.39 is 5.97 Å². The zero-order chi connectivity index (χ0) is 11.9. The van der Waals surface area contributed by atoms with Crippen molar-refractivity contribution in [2.75, 3.05) is 13.1 Å². The van der Waals surface area contributed by atoms with Gasteiger partial charge in [-0.15, -0.1) is 0 Å². The van der Waals surface area contributed by atoms with Gasteiger partial charge in [-0.3, -0.25) is 4.79 Å². The number of piperidine rings is 1. The van der Waals surface area contributed by atoms with Crippen molar-refractivity contribution >= 4 is 5.97 Å². The van der Waals surface area contributed by atoms with E-state index in [1.807, 2.05) is 18.2 Å². The molecular weight excluding hydrogens is 214 g/mol. The fraction of sp³-hybridized carbons (Fsp3) is 0.500. The lowest BCUT2D eigenvalue weighted by atomic mass is 9.74. The lowest BCUT2D eigenvalue weighted by molar-refractivity contribution is -0.139. The molecule has 90 valence electrons. The molecule has 1 aromatic rings. The highest BCUT2D eigenvalue weighted by molar-refractivity contribution is 5.78. The van der Waals surface area contributed by atoms with Crippen LogP contribution < -0.4 is 5.32 Å². The van der Waals surface area contributed by atoms with Crippen molar-refractivity contribution < 1.29 is 9.90 Å². The first kappa shape index (κ1) is 10.8. The van der Waals surface area contributed by atoms with E-state index in [0.29, 0.717) is 0 Å². The van der Waals surface area contributed by atoms with Crippen LogP contribution in [0.3, 0.4) is 0 Å². The van der Waals surface area contributed by atoms with E-state index in [2.05, 4.69) is 11.4 Å². The van der Waals surface area contributed by atoms with Gasteiger partial charge in [-0.2, -0.15) is 0 Å². The first-order valence-corrected chi connectivity index (χ1v) is 6.26. The van der Waals surface area contributed by atoms with Crippen LogP contribution in [-0.2, 0) is 10.2 Å². The fourth-order valence-electron chi connectivity index (χ4n) is 3.49. The van der Waals surface area contributed by atoms with Crippen molar-refractivity contribution in [2.24, 2.45) is 0 Å². The van der Waals surface area contributed by atoms with Crippen LogP contribution >= 0.6 is 0 Å². The molecule has 3 nitrogen and oxygen atoms in total. The van der Waals surface area contributed by atoms with E-state index in [1.54, 1.807) is 0 Å². The van der Waals surface area contributed by atoms with Crippen LogP contribution in [0.2, 0.25) is 0 Å². The van der Waals surface area contributed by atoms with Gasteiger partial charge >= 0.3 is 5.97 Å². The van der Waals surface area contributed by atoms with Crippen LogP contribution in [0.15, 0.2) is 24.3 Å². The molecule has 0 saturated carbocycles. The minimum atomic E-state index is -0.673. The molecule has 2 N–H and O–H groups in total. The molecule has 3 heteroatoms. The molecule has 3 rings (SSSR count). The number of fused-ring (bicyclic) bond motifs is 2. The third-order valence-electron chi connectivity index (χ3n) is 4.36. The number of aliphatic carboxylic acids is 1. The second kappa shape index (κ2) is 3.84. The summed E-state index contributed by atoms with van der Waals surface area (Å²) in [5.74, 6) is -0.975. The number of carbonyl (C=O) groups is 1. The van der Waals surface area contributed by atoms with Crippen molar-refractivity contribution in [3.63, 3.8) is 0 Å². The summed E-state index contributed by atoms with van der Waals surface area (Å²) >= 11 is 0. The molecule has 0 bridgehead atoms. The van der Waals surface area contributed by atoms with Crippen LogP contribution in [-0.4, -0.2) is 24.2 Å². The van der Waals surface area contributed by atoms with Gasteiger partial charge in [0.2, 0.25) is 0 Å². The number of hydrogen-bond donors (Lipinski definition) is 2. The molecule has 0 amide bonds. The van der Waals surface area contributed by atoms with Crippen LogP contribution in [0.4, 0.5) is 0 Å². The van der Waals surface area contributed by atoms with E-state index in [9.17, 15) is 9.90 Å². The van der Waals surface area contributed by atoms with E-state index in [0.717, 1.165) is 37.9 Å². The highest BCUT2D eigenvalue weighted by Gasteiger charge is 2.46. The van der Waals surface area contributed by atoms with Crippen molar-refractivity contribution in [1.82, 2.24) is 5.32 Å². The molecule has 1 atom stereocenters. The van der Waals surface area contributed by atoms with E-state index in [-0.39, 0.29) is 11.3 Å². The predicted molar refractivity (Wildman–Crippen MR) is 65.2 cm³/mol. The second-order valence-corrected chi connectivity index (χ2v) is 5.21. The van der Waals surface area contributed by atoms with E-state index in [1.165, 1.54) is 5.56 Å². The Hall–Kier alpha value is -1.35. The number of nitrogens with one attached hydrogen (secondary N) is 1. The largest absolute Gasteiger partial charge is 0.481 e. The Morgan fingerprint density at radius 2 is 2.00 bits per heavy atom. The van der Waals surface area contributed by atoms with Crippen molar-refractivity contribution in [3.05, 3.63) is 35.4 Å². The number of rotatable bonds is 1. The molecule has 17 heavy (non-hydrogen) atoms. The summed E-state index contributed by atoms with van der Waals surface area (Å²) in [4.78, 5) is 11.4. The summed E-state index contributed by atoms with van der Waals surface area (Å²) in [5.41, 5.74) is 2.45. The second-order valence-electron chi connectivity index (χ2n) is 5.21. The number of carboxylic acid groups (broad SMARTS) is 1. The molecule has 1 aliphatic heterocycles. The first-order chi connectivity index (χ1) is 8.23. The number of hydrogen-bond acceptors (Lipinski definition) is 2. The quantitative estimate of drug-likeness (QED) is 0.776. The smallest absolute Gasteiger partial charge is 0.311 e. The molecule has 0 unspecified atom stereocenters. The van der Waals surface area contributed by atoms with Gasteiger partial charge in [0.1, 0.15) is 0 Å². The highest BCUT2D eigenvalue weighted by atomic mass is 16.4. The van der Waals surface area contributed by atoms with Crippen LogP contribution in [0.25, 0.3) is 0 Å². The SMILES string of the molecule is O=C(O)[C@@H]1CC2(CCNCC2)c2ccccc21. The molecular formula is C14H17NO2. The molecule has 1 saturated heterocycles. The monoisotopic (exact) mass is 231 g/mol. The Bertz CT molecular complexity index is 449. The lowest BCUT2D eigenvalue weighted by Crippen LogP contribution is -2.38. The van der Waals surface area contributed by atoms with Crippen molar-refractivity contribution in [3.8, 4) is 0 Å². The summed E-state index contributed by atoms with van der Waals surface area (Å²) in [6.45, 7) is 2.00. The van der Waals surface area contributed by atoms with Gasteiger partial charge in [0.15, 0.2) is 0 Å². The molecule has 0 radical (unpaired) electrons. The third-order valence-corrected chi connectivity index (χ3v) is 4.36. The minimum Gasteiger partial charge on any atom is -0.481 e. The Labute approximate surface area is 101 Å². The van der Waals surface area contributed by atoms with Gasteiger partial charge < -0.3 is 10.4 Å². The van der Waals surface area contributed by atoms with Gasteiger partial charge in [0.25, 0.3) is 0 Å². The normalized spacial score (nSPS) is 25.8. The molecule has 1 fully saturated rings.